The van der Waals surface area contributed by atoms with Crippen molar-refractivity contribution in [1.82, 2.24) is 5.32 Å². The fourth-order valence-electron chi connectivity index (χ4n) is 1.09. The molecule has 0 saturated heterocycles. The maximum Gasteiger partial charge on any atom is 0.319 e. The second-order valence-corrected chi connectivity index (χ2v) is 5.00. The maximum atomic E-state index is 11.5. The number of carboxylic acids is 1. The van der Waals surface area contributed by atoms with Crippen molar-refractivity contribution >= 4 is 28.7 Å². The number of urea groups is 1. The molecule has 0 aromatic rings. The molecule has 0 spiro atoms. The van der Waals surface area contributed by atoms with Crippen LogP contribution in [-0.4, -0.2) is 38.2 Å². The van der Waals surface area contributed by atoms with Crippen LogP contribution in [0.25, 0.3) is 0 Å². The Bertz CT molecular complexity index is 328. The Morgan fingerprint density at radius 1 is 1.38 bits per heavy atom. The van der Waals surface area contributed by atoms with E-state index in [0.29, 0.717) is 0 Å². The predicted molar refractivity (Wildman–Crippen MR) is 57.0 cm³/mol. The standard InChI is InChI=1S/C8H14N2O5S/c1-4(2)6(7(12)13)16(15)3-5(11)10-8(9)14/h4,6H,3H2,1-2H3,(H,12,13)(H3,9,10,11,14). The van der Waals surface area contributed by atoms with E-state index < -0.39 is 39.7 Å². The van der Waals surface area contributed by atoms with Crippen LogP contribution in [0, 0.1) is 5.92 Å². The van der Waals surface area contributed by atoms with Gasteiger partial charge in [-0.05, 0) is 5.92 Å². The van der Waals surface area contributed by atoms with Gasteiger partial charge in [0.05, 0.1) is 0 Å². The topological polar surface area (TPSA) is 127 Å². The Hall–Kier alpha value is -1.44. The Morgan fingerprint density at radius 2 is 1.88 bits per heavy atom. The van der Waals surface area contributed by atoms with E-state index in [9.17, 15) is 18.6 Å². The number of primary amides is 1. The van der Waals surface area contributed by atoms with E-state index >= 15 is 0 Å². The third kappa shape index (κ3) is 4.87. The van der Waals surface area contributed by atoms with Crippen LogP contribution in [0.2, 0.25) is 0 Å². The van der Waals surface area contributed by atoms with Crippen molar-refractivity contribution in [3.05, 3.63) is 0 Å². The van der Waals surface area contributed by atoms with Crippen LogP contribution in [-0.2, 0) is 20.4 Å². The monoisotopic (exact) mass is 250 g/mol. The molecule has 0 rings (SSSR count). The van der Waals surface area contributed by atoms with Crippen molar-refractivity contribution in [3.8, 4) is 0 Å². The summed E-state index contributed by atoms with van der Waals surface area (Å²) < 4.78 is 11.5. The van der Waals surface area contributed by atoms with Crippen LogP contribution in [0.5, 0.6) is 0 Å². The van der Waals surface area contributed by atoms with E-state index in [0.717, 1.165) is 0 Å². The number of nitrogens with one attached hydrogen (secondary N) is 1. The zero-order chi connectivity index (χ0) is 12.9. The van der Waals surface area contributed by atoms with Gasteiger partial charge in [0, 0.05) is 10.8 Å². The SMILES string of the molecule is CC(C)C(C(=O)O)S(=O)CC(=O)NC(N)=O. The first-order chi connectivity index (χ1) is 7.25. The van der Waals surface area contributed by atoms with Crippen LogP contribution < -0.4 is 11.1 Å². The van der Waals surface area contributed by atoms with Crippen molar-refractivity contribution < 1.29 is 23.7 Å². The molecule has 16 heavy (non-hydrogen) atoms. The highest BCUT2D eigenvalue weighted by Gasteiger charge is 2.29. The van der Waals surface area contributed by atoms with Gasteiger partial charge >= 0.3 is 12.0 Å². The van der Waals surface area contributed by atoms with E-state index in [1.54, 1.807) is 19.2 Å². The maximum absolute atomic E-state index is 11.5. The molecule has 0 heterocycles. The summed E-state index contributed by atoms with van der Waals surface area (Å²) in [6.45, 7) is 3.17. The van der Waals surface area contributed by atoms with Gasteiger partial charge in [0.1, 0.15) is 11.0 Å². The molecule has 7 nitrogen and oxygen atoms in total. The molecule has 0 radical (unpaired) electrons. The highest BCUT2D eigenvalue weighted by molar-refractivity contribution is 7.87. The molecule has 2 atom stereocenters. The lowest BCUT2D eigenvalue weighted by Gasteiger charge is -2.14. The highest BCUT2D eigenvalue weighted by atomic mass is 32.2. The van der Waals surface area contributed by atoms with Crippen molar-refractivity contribution in [1.29, 1.82) is 0 Å². The van der Waals surface area contributed by atoms with E-state index in [1.807, 2.05) is 0 Å². The summed E-state index contributed by atoms with van der Waals surface area (Å²) in [5.74, 6) is -3.02. The van der Waals surface area contributed by atoms with E-state index in [2.05, 4.69) is 5.73 Å². The normalized spacial score (nSPS) is 14.2. The molecule has 0 aliphatic heterocycles. The van der Waals surface area contributed by atoms with Gasteiger partial charge in [0.2, 0.25) is 5.91 Å². The van der Waals surface area contributed by atoms with Gasteiger partial charge in [-0.15, -0.1) is 0 Å². The first-order valence-electron chi connectivity index (χ1n) is 4.45. The van der Waals surface area contributed by atoms with Crippen LogP contribution in [0.1, 0.15) is 13.8 Å². The number of hydrogen-bond donors (Lipinski definition) is 3. The number of aliphatic carboxylic acids is 1. The minimum atomic E-state index is -1.88. The third-order valence-electron chi connectivity index (χ3n) is 1.67. The number of nitrogens with two attached hydrogens (primary N) is 1. The number of hydrogen-bond acceptors (Lipinski definition) is 4. The van der Waals surface area contributed by atoms with Crippen LogP contribution >= 0.6 is 0 Å². The van der Waals surface area contributed by atoms with E-state index in [-0.39, 0.29) is 5.92 Å². The lowest BCUT2D eigenvalue weighted by molar-refractivity contribution is -0.137. The quantitative estimate of drug-likeness (QED) is 0.579. The first-order valence-corrected chi connectivity index (χ1v) is 5.83. The second kappa shape index (κ2) is 6.21. The fraction of sp³-hybridized carbons (Fsp3) is 0.625. The highest BCUT2D eigenvalue weighted by Crippen LogP contribution is 2.10. The van der Waals surface area contributed by atoms with Gasteiger partial charge in [-0.3, -0.25) is 19.1 Å². The number of rotatable bonds is 5. The lowest BCUT2D eigenvalue weighted by Crippen LogP contribution is -2.41. The predicted octanol–water partition coefficient (Wildman–Crippen LogP) is -0.961. The molecule has 0 aliphatic rings. The van der Waals surface area contributed by atoms with Gasteiger partial charge in [0.25, 0.3) is 0 Å². The molecule has 0 aromatic carbocycles. The van der Waals surface area contributed by atoms with Crippen molar-refractivity contribution in [3.63, 3.8) is 0 Å². The summed E-state index contributed by atoms with van der Waals surface area (Å²) in [7, 11) is -1.88. The molecule has 0 aromatic heterocycles. The van der Waals surface area contributed by atoms with Gasteiger partial charge in [-0.25, -0.2) is 4.79 Å². The van der Waals surface area contributed by atoms with Crippen LogP contribution in [0.4, 0.5) is 4.79 Å². The zero-order valence-electron chi connectivity index (χ0n) is 8.93. The summed E-state index contributed by atoms with van der Waals surface area (Å²) in [5, 5.41) is 9.37. The molecule has 0 bridgehead atoms. The largest absolute Gasteiger partial charge is 0.480 e. The molecular formula is C8H14N2O5S. The number of amides is 3. The van der Waals surface area contributed by atoms with Gasteiger partial charge in [-0.1, -0.05) is 13.8 Å². The fourth-order valence-corrected chi connectivity index (χ4v) is 2.44. The lowest BCUT2D eigenvalue weighted by atomic mass is 10.1. The Balaban J connectivity index is 4.49. The molecule has 0 saturated carbocycles. The van der Waals surface area contributed by atoms with E-state index in [4.69, 9.17) is 5.11 Å². The van der Waals surface area contributed by atoms with Crippen molar-refractivity contribution in [2.75, 3.05) is 5.75 Å². The average Bonchev–Trinajstić information content (AvgIpc) is 1.98. The molecule has 0 aliphatic carbocycles. The number of imide groups is 1. The molecule has 0 fully saturated rings. The average molecular weight is 250 g/mol. The molecule has 4 N–H and O–H groups in total. The zero-order valence-corrected chi connectivity index (χ0v) is 9.74. The molecule has 8 heteroatoms. The minimum Gasteiger partial charge on any atom is -0.480 e. The molecule has 3 amide bonds. The van der Waals surface area contributed by atoms with Crippen LogP contribution in [0.3, 0.4) is 0 Å². The summed E-state index contributed by atoms with van der Waals surface area (Å²) >= 11 is 0. The summed E-state index contributed by atoms with van der Waals surface area (Å²) in [5.41, 5.74) is 4.68. The van der Waals surface area contributed by atoms with Crippen molar-refractivity contribution in [2.24, 2.45) is 11.7 Å². The van der Waals surface area contributed by atoms with Gasteiger partial charge in [-0.2, -0.15) is 0 Å². The smallest absolute Gasteiger partial charge is 0.319 e. The third-order valence-corrected chi connectivity index (χ3v) is 3.53. The Morgan fingerprint density at radius 3 is 2.19 bits per heavy atom. The minimum absolute atomic E-state index is 0.375. The number of carboxylic acid groups (broad SMARTS) is 1. The molecular weight excluding hydrogens is 236 g/mol. The second-order valence-electron chi connectivity index (χ2n) is 3.44. The van der Waals surface area contributed by atoms with Crippen molar-refractivity contribution in [2.45, 2.75) is 19.1 Å². The van der Waals surface area contributed by atoms with Gasteiger partial charge < -0.3 is 10.8 Å². The number of carbonyl (C=O) groups excluding carboxylic acids is 2. The Kier molecular flexibility index (Phi) is 5.65. The molecule has 2 unspecified atom stereocenters. The summed E-state index contributed by atoms with van der Waals surface area (Å²) in [4.78, 5) is 32.1. The van der Waals surface area contributed by atoms with Gasteiger partial charge in [0.15, 0.2) is 0 Å². The van der Waals surface area contributed by atoms with E-state index in [1.165, 1.54) is 0 Å². The number of carbonyl (C=O) groups is 3. The Labute approximate surface area is 94.8 Å². The van der Waals surface area contributed by atoms with Crippen LogP contribution in [0.15, 0.2) is 0 Å². The molecule has 92 valence electrons. The first kappa shape index (κ1) is 14.6. The summed E-state index contributed by atoms with van der Waals surface area (Å²) in [6, 6.07) is -1.06. The summed E-state index contributed by atoms with van der Waals surface area (Å²) in [6.07, 6.45) is 0.